The van der Waals surface area contributed by atoms with E-state index in [0.29, 0.717) is 6.42 Å². The van der Waals surface area contributed by atoms with E-state index in [1.165, 1.54) is 4.88 Å². The number of thiophene rings is 1. The Labute approximate surface area is 132 Å². The largest absolute Gasteiger partial charge is 0.310 e. The molecule has 5 heteroatoms. The first-order valence-corrected chi connectivity index (χ1v) is 8.10. The summed E-state index contributed by atoms with van der Waals surface area (Å²) in [6.45, 7) is 2.01. The van der Waals surface area contributed by atoms with Gasteiger partial charge in [-0.15, -0.1) is 11.3 Å². The molecular weight excluding hydrogens is 294 g/mol. The summed E-state index contributed by atoms with van der Waals surface area (Å²) in [5.74, 6) is 0.947. The third-order valence-corrected chi connectivity index (χ3v) is 4.98. The van der Waals surface area contributed by atoms with Gasteiger partial charge >= 0.3 is 0 Å². The Balaban J connectivity index is 1.90. The van der Waals surface area contributed by atoms with Crippen molar-refractivity contribution in [1.29, 1.82) is 0 Å². The van der Waals surface area contributed by atoms with Gasteiger partial charge < -0.3 is 5.32 Å². The van der Waals surface area contributed by atoms with Crippen LogP contribution in [0.25, 0.3) is 5.69 Å². The number of carbonyl (C=O) groups excluding carboxylic acids is 1. The van der Waals surface area contributed by atoms with Gasteiger partial charge in [-0.1, -0.05) is 24.3 Å². The van der Waals surface area contributed by atoms with Gasteiger partial charge in [-0.05, 0) is 30.5 Å². The number of amides is 1. The van der Waals surface area contributed by atoms with E-state index in [0.717, 1.165) is 22.8 Å². The number of rotatable bonds is 2. The van der Waals surface area contributed by atoms with E-state index in [9.17, 15) is 4.79 Å². The molecule has 0 saturated heterocycles. The number of fused-ring (bicyclic) bond motifs is 1. The Hall–Kier alpha value is -2.40. The van der Waals surface area contributed by atoms with E-state index in [4.69, 9.17) is 0 Å². The highest BCUT2D eigenvalue weighted by atomic mass is 32.1. The summed E-state index contributed by atoms with van der Waals surface area (Å²) < 4.78 is 1.84. The second-order valence-electron chi connectivity index (χ2n) is 5.42. The van der Waals surface area contributed by atoms with Crippen LogP contribution in [0.5, 0.6) is 0 Å². The quantitative estimate of drug-likeness (QED) is 0.784. The number of nitrogens with zero attached hydrogens (tertiary/aromatic N) is 2. The van der Waals surface area contributed by atoms with Crippen LogP contribution < -0.4 is 5.32 Å². The molecule has 0 unspecified atom stereocenters. The highest BCUT2D eigenvalue weighted by Crippen LogP contribution is 2.41. The van der Waals surface area contributed by atoms with Crippen molar-refractivity contribution in [1.82, 2.24) is 9.78 Å². The van der Waals surface area contributed by atoms with Crippen LogP contribution in [-0.4, -0.2) is 15.7 Å². The fourth-order valence-electron chi connectivity index (χ4n) is 3.04. The fourth-order valence-corrected chi connectivity index (χ4v) is 3.87. The van der Waals surface area contributed by atoms with E-state index < -0.39 is 0 Å². The molecule has 3 aromatic rings. The van der Waals surface area contributed by atoms with Crippen molar-refractivity contribution < 1.29 is 4.79 Å². The van der Waals surface area contributed by atoms with Crippen LogP contribution in [-0.2, 0) is 4.79 Å². The van der Waals surface area contributed by atoms with Crippen molar-refractivity contribution in [2.24, 2.45) is 0 Å². The Morgan fingerprint density at radius 1 is 1.23 bits per heavy atom. The van der Waals surface area contributed by atoms with Crippen LogP contribution in [0, 0.1) is 6.92 Å². The van der Waals surface area contributed by atoms with Gasteiger partial charge in [0.1, 0.15) is 5.82 Å². The SMILES string of the molecule is Cc1nn(-c2ccccc2)c2c1[C@@H](c1cccs1)CC(=O)N2. The third-order valence-electron chi connectivity index (χ3n) is 3.99. The maximum absolute atomic E-state index is 12.2. The summed E-state index contributed by atoms with van der Waals surface area (Å²) in [6.07, 6.45) is 0.481. The molecule has 0 saturated carbocycles. The first kappa shape index (κ1) is 13.3. The van der Waals surface area contributed by atoms with Gasteiger partial charge in [-0.3, -0.25) is 4.79 Å². The predicted octanol–water partition coefficient (Wildman–Crippen LogP) is 3.72. The number of nitrogens with one attached hydrogen (secondary N) is 1. The normalized spacial score (nSPS) is 17.1. The highest BCUT2D eigenvalue weighted by molar-refractivity contribution is 7.10. The molecule has 0 radical (unpaired) electrons. The summed E-state index contributed by atoms with van der Waals surface area (Å²) in [4.78, 5) is 13.4. The molecule has 0 bridgehead atoms. The summed E-state index contributed by atoms with van der Waals surface area (Å²) >= 11 is 1.69. The van der Waals surface area contributed by atoms with Gasteiger partial charge in [0, 0.05) is 22.8 Å². The molecule has 0 fully saturated rings. The Bertz CT molecular complexity index is 821. The van der Waals surface area contributed by atoms with Gasteiger partial charge in [-0.25, -0.2) is 4.68 Å². The minimum Gasteiger partial charge on any atom is -0.310 e. The maximum Gasteiger partial charge on any atom is 0.226 e. The minimum absolute atomic E-state index is 0.0444. The highest BCUT2D eigenvalue weighted by Gasteiger charge is 2.32. The molecule has 110 valence electrons. The van der Waals surface area contributed by atoms with Crippen LogP contribution in [0.2, 0.25) is 0 Å². The number of carbonyl (C=O) groups is 1. The smallest absolute Gasteiger partial charge is 0.226 e. The molecule has 2 aromatic heterocycles. The number of para-hydroxylation sites is 1. The molecule has 1 aliphatic heterocycles. The van der Waals surface area contributed by atoms with Gasteiger partial charge in [0.25, 0.3) is 0 Å². The summed E-state index contributed by atoms with van der Waals surface area (Å²) in [6, 6.07) is 14.0. The van der Waals surface area contributed by atoms with Crippen LogP contribution in [0.4, 0.5) is 5.82 Å². The van der Waals surface area contributed by atoms with Crippen molar-refractivity contribution in [3.63, 3.8) is 0 Å². The molecular formula is C17H15N3OS. The van der Waals surface area contributed by atoms with Crippen LogP contribution >= 0.6 is 11.3 Å². The molecule has 3 heterocycles. The summed E-state index contributed by atoms with van der Waals surface area (Å²) in [5, 5.41) is 9.72. The zero-order chi connectivity index (χ0) is 15.1. The minimum atomic E-state index is 0.0444. The lowest BCUT2D eigenvalue weighted by Gasteiger charge is -2.23. The average Bonchev–Trinajstić information content (AvgIpc) is 3.16. The van der Waals surface area contributed by atoms with Crippen molar-refractivity contribution >= 4 is 23.1 Å². The third kappa shape index (κ3) is 2.05. The van der Waals surface area contributed by atoms with Crippen molar-refractivity contribution in [2.45, 2.75) is 19.3 Å². The topological polar surface area (TPSA) is 46.9 Å². The van der Waals surface area contributed by atoms with E-state index in [1.807, 2.05) is 48.0 Å². The zero-order valence-corrected chi connectivity index (χ0v) is 12.9. The lowest BCUT2D eigenvalue weighted by Crippen LogP contribution is -2.24. The van der Waals surface area contributed by atoms with E-state index in [2.05, 4.69) is 21.9 Å². The number of anilines is 1. The predicted molar refractivity (Wildman–Crippen MR) is 87.7 cm³/mol. The number of hydrogen-bond acceptors (Lipinski definition) is 3. The molecule has 1 atom stereocenters. The van der Waals surface area contributed by atoms with Crippen molar-refractivity contribution in [2.75, 3.05) is 5.32 Å². The van der Waals surface area contributed by atoms with Gasteiger partial charge in [0.15, 0.2) is 0 Å². The van der Waals surface area contributed by atoms with Gasteiger partial charge in [0.05, 0.1) is 11.4 Å². The molecule has 1 amide bonds. The Morgan fingerprint density at radius 3 is 2.77 bits per heavy atom. The van der Waals surface area contributed by atoms with Crippen LogP contribution in [0.15, 0.2) is 47.8 Å². The summed E-state index contributed by atoms with van der Waals surface area (Å²) in [7, 11) is 0. The average molecular weight is 309 g/mol. The van der Waals surface area contributed by atoms with E-state index in [1.54, 1.807) is 11.3 Å². The number of aryl methyl sites for hydroxylation is 1. The van der Waals surface area contributed by atoms with Gasteiger partial charge in [0.2, 0.25) is 5.91 Å². The first-order chi connectivity index (χ1) is 10.7. The zero-order valence-electron chi connectivity index (χ0n) is 12.1. The monoisotopic (exact) mass is 309 g/mol. The number of aromatic nitrogens is 2. The number of hydrogen-bond donors (Lipinski definition) is 1. The number of benzene rings is 1. The first-order valence-electron chi connectivity index (χ1n) is 7.22. The molecule has 1 N–H and O–H groups in total. The Kier molecular flexibility index (Phi) is 3.08. The summed E-state index contributed by atoms with van der Waals surface area (Å²) in [5.41, 5.74) is 3.06. The molecule has 4 nitrogen and oxygen atoms in total. The van der Waals surface area contributed by atoms with Gasteiger partial charge in [-0.2, -0.15) is 5.10 Å². The second kappa shape index (κ2) is 5.10. The van der Waals surface area contributed by atoms with Crippen LogP contribution in [0.3, 0.4) is 0 Å². The molecule has 1 aliphatic rings. The molecule has 0 spiro atoms. The maximum atomic E-state index is 12.2. The second-order valence-corrected chi connectivity index (χ2v) is 6.39. The van der Waals surface area contributed by atoms with E-state index in [-0.39, 0.29) is 11.8 Å². The molecule has 4 rings (SSSR count). The fraction of sp³-hybridized carbons (Fsp3) is 0.176. The standard InChI is InChI=1S/C17H15N3OS/c1-11-16-13(14-8-5-9-22-14)10-15(21)18-17(16)20(19-11)12-6-3-2-4-7-12/h2-9,13H,10H2,1H3,(H,18,21)/t13-/m1/s1. The van der Waals surface area contributed by atoms with Crippen molar-refractivity contribution in [3.05, 3.63) is 64.0 Å². The molecule has 1 aromatic carbocycles. The van der Waals surface area contributed by atoms with Crippen LogP contribution in [0.1, 0.15) is 28.5 Å². The lowest BCUT2D eigenvalue weighted by molar-refractivity contribution is -0.116. The van der Waals surface area contributed by atoms with E-state index >= 15 is 0 Å². The van der Waals surface area contributed by atoms with Crippen molar-refractivity contribution in [3.8, 4) is 5.69 Å². The Morgan fingerprint density at radius 2 is 2.05 bits per heavy atom. The molecule has 22 heavy (non-hydrogen) atoms. The lowest BCUT2D eigenvalue weighted by atomic mass is 9.91. The molecule has 0 aliphatic carbocycles.